The fraction of sp³-hybridized carbons (Fsp3) is 0.211. The SMILES string of the molecule is CCN(Cc1ccc(OC)c(F)c1)C(=O)c1cnc2ccccc2n1. The van der Waals surface area contributed by atoms with Crippen LogP contribution in [0, 0.1) is 5.82 Å². The average molecular weight is 339 g/mol. The number of amides is 1. The van der Waals surface area contributed by atoms with Crippen molar-refractivity contribution in [3.63, 3.8) is 0 Å². The van der Waals surface area contributed by atoms with Crippen LogP contribution < -0.4 is 4.74 Å². The summed E-state index contributed by atoms with van der Waals surface area (Å²) in [5.41, 5.74) is 2.36. The summed E-state index contributed by atoms with van der Waals surface area (Å²) in [4.78, 5) is 23.0. The van der Waals surface area contributed by atoms with Crippen LogP contribution >= 0.6 is 0 Å². The molecule has 0 bridgehead atoms. The van der Waals surface area contributed by atoms with Gasteiger partial charge in [-0.1, -0.05) is 18.2 Å². The molecule has 0 radical (unpaired) electrons. The van der Waals surface area contributed by atoms with Crippen molar-refractivity contribution in [3.05, 3.63) is 65.7 Å². The molecule has 0 unspecified atom stereocenters. The van der Waals surface area contributed by atoms with Gasteiger partial charge in [-0.2, -0.15) is 0 Å². The number of hydrogen-bond acceptors (Lipinski definition) is 4. The van der Waals surface area contributed by atoms with Gasteiger partial charge in [-0.25, -0.2) is 9.37 Å². The molecule has 0 aliphatic heterocycles. The molecular weight excluding hydrogens is 321 g/mol. The number of ether oxygens (including phenoxy) is 1. The molecule has 1 amide bonds. The van der Waals surface area contributed by atoms with E-state index >= 15 is 0 Å². The molecule has 0 aliphatic rings. The maximum absolute atomic E-state index is 13.9. The van der Waals surface area contributed by atoms with Gasteiger partial charge in [-0.3, -0.25) is 9.78 Å². The van der Waals surface area contributed by atoms with Gasteiger partial charge in [0.1, 0.15) is 5.69 Å². The third-order valence-electron chi connectivity index (χ3n) is 3.93. The van der Waals surface area contributed by atoms with Gasteiger partial charge >= 0.3 is 0 Å². The highest BCUT2D eigenvalue weighted by molar-refractivity contribution is 5.93. The molecule has 3 aromatic rings. The molecule has 0 saturated carbocycles. The topological polar surface area (TPSA) is 55.3 Å². The number of para-hydroxylation sites is 2. The summed E-state index contributed by atoms with van der Waals surface area (Å²) in [7, 11) is 1.42. The van der Waals surface area contributed by atoms with Gasteiger partial charge in [-0.05, 0) is 36.8 Å². The zero-order valence-electron chi connectivity index (χ0n) is 14.1. The van der Waals surface area contributed by atoms with Crippen LogP contribution in [-0.2, 0) is 6.54 Å². The van der Waals surface area contributed by atoms with E-state index in [1.807, 2.05) is 31.2 Å². The van der Waals surface area contributed by atoms with Crippen molar-refractivity contribution in [1.82, 2.24) is 14.9 Å². The smallest absolute Gasteiger partial charge is 0.274 e. The first kappa shape index (κ1) is 16.8. The summed E-state index contributed by atoms with van der Waals surface area (Å²) >= 11 is 0. The number of carbonyl (C=O) groups is 1. The average Bonchev–Trinajstić information content (AvgIpc) is 2.65. The van der Waals surface area contributed by atoms with Crippen molar-refractivity contribution >= 4 is 16.9 Å². The van der Waals surface area contributed by atoms with E-state index < -0.39 is 5.82 Å². The summed E-state index contributed by atoms with van der Waals surface area (Å²) in [6, 6.07) is 12.0. The zero-order valence-corrected chi connectivity index (χ0v) is 14.1. The van der Waals surface area contributed by atoms with Crippen LogP contribution in [-0.4, -0.2) is 34.4 Å². The lowest BCUT2D eigenvalue weighted by Crippen LogP contribution is -2.31. The standard InChI is InChI=1S/C19H18FN3O2/c1-3-23(12-13-8-9-18(25-2)14(20)10-13)19(24)17-11-21-15-6-4-5-7-16(15)22-17/h4-11H,3,12H2,1-2H3. The fourth-order valence-electron chi connectivity index (χ4n) is 2.58. The Morgan fingerprint density at radius 1 is 1.20 bits per heavy atom. The van der Waals surface area contributed by atoms with Crippen LogP contribution in [0.5, 0.6) is 5.75 Å². The van der Waals surface area contributed by atoms with E-state index in [-0.39, 0.29) is 23.9 Å². The summed E-state index contributed by atoms with van der Waals surface area (Å²) in [6.45, 7) is 2.62. The number of methoxy groups -OCH3 is 1. The number of aromatic nitrogens is 2. The van der Waals surface area contributed by atoms with E-state index in [2.05, 4.69) is 9.97 Å². The predicted molar refractivity (Wildman–Crippen MR) is 92.9 cm³/mol. The normalized spacial score (nSPS) is 10.7. The van der Waals surface area contributed by atoms with Crippen molar-refractivity contribution in [1.29, 1.82) is 0 Å². The summed E-state index contributed by atoms with van der Waals surface area (Å²) in [6.07, 6.45) is 1.47. The number of carbonyl (C=O) groups excluding carboxylic acids is 1. The molecule has 0 fully saturated rings. The first-order chi connectivity index (χ1) is 12.1. The third kappa shape index (κ3) is 3.57. The molecule has 25 heavy (non-hydrogen) atoms. The Labute approximate surface area is 145 Å². The number of fused-ring (bicyclic) bond motifs is 1. The van der Waals surface area contributed by atoms with Gasteiger partial charge in [0.25, 0.3) is 5.91 Å². The summed E-state index contributed by atoms with van der Waals surface area (Å²) in [5, 5.41) is 0. The molecular formula is C19H18FN3O2. The highest BCUT2D eigenvalue weighted by Gasteiger charge is 2.17. The van der Waals surface area contributed by atoms with E-state index in [4.69, 9.17) is 4.74 Å². The maximum atomic E-state index is 13.9. The Morgan fingerprint density at radius 3 is 2.64 bits per heavy atom. The van der Waals surface area contributed by atoms with Crippen molar-refractivity contribution in [2.24, 2.45) is 0 Å². The number of nitrogens with zero attached hydrogens (tertiary/aromatic N) is 3. The van der Waals surface area contributed by atoms with Gasteiger partial charge in [0.2, 0.25) is 0 Å². The van der Waals surface area contributed by atoms with Crippen LogP contribution in [0.4, 0.5) is 4.39 Å². The van der Waals surface area contributed by atoms with E-state index in [1.54, 1.807) is 17.0 Å². The minimum absolute atomic E-state index is 0.179. The van der Waals surface area contributed by atoms with E-state index in [0.29, 0.717) is 17.6 Å². The van der Waals surface area contributed by atoms with Crippen molar-refractivity contribution in [2.45, 2.75) is 13.5 Å². The minimum Gasteiger partial charge on any atom is -0.494 e. The predicted octanol–water partition coefficient (Wildman–Crippen LogP) is 3.44. The molecule has 0 N–H and O–H groups in total. The number of hydrogen-bond donors (Lipinski definition) is 0. The van der Waals surface area contributed by atoms with Crippen molar-refractivity contribution in [2.75, 3.05) is 13.7 Å². The van der Waals surface area contributed by atoms with Gasteiger partial charge in [0, 0.05) is 13.1 Å². The number of halogens is 1. The lowest BCUT2D eigenvalue weighted by molar-refractivity contribution is 0.0746. The second kappa shape index (κ2) is 7.25. The first-order valence-electron chi connectivity index (χ1n) is 7.96. The van der Waals surface area contributed by atoms with Crippen LogP contribution in [0.1, 0.15) is 23.0 Å². The Morgan fingerprint density at radius 2 is 1.96 bits per heavy atom. The second-order valence-corrected chi connectivity index (χ2v) is 5.53. The number of rotatable bonds is 5. The molecule has 5 nitrogen and oxygen atoms in total. The van der Waals surface area contributed by atoms with E-state index in [1.165, 1.54) is 19.4 Å². The largest absolute Gasteiger partial charge is 0.494 e. The Balaban J connectivity index is 1.83. The first-order valence-corrected chi connectivity index (χ1v) is 7.96. The van der Waals surface area contributed by atoms with Gasteiger partial charge < -0.3 is 9.64 Å². The van der Waals surface area contributed by atoms with Gasteiger partial charge in [0.15, 0.2) is 11.6 Å². The van der Waals surface area contributed by atoms with Crippen LogP contribution in [0.2, 0.25) is 0 Å². The second-order valence-electron chi connectivity index (χ2n) is 5.53. The lowest BCUT2D eigenvalue weighted by Gasteiger charge is -2.21. The lowest BCUT2D eigenvalue weighted by atomic mass is 10.2. The minimum atomic E-state index is -0.450. The summed E-state index contributed by atoms with van der Waals surface area (Å²) in [5.74, 6) is -0.510. The van der Waals surface area contributed by atoms with Crippen molar-refractivity contribution in [3.8, 4) is 5.75 Å². The fourth-order valence-corrected chi connectivity index (χ4v) is 2.58. The molecule has 0 spiro atoms. The molecule has 0 aliphatic carbocycles. The van der Waals surface area contributed by atoms with Crippen molar-refractivity contribution < 1.29 is 13.9 Å². The molecule has 1 heterocycles. The zero-order chi connectivity index (χ0) is 17.8. The van der Waals surface area contributed by atoms with Gasteiger partial charge in [0.05, 0.1) is 24.3 Å². The van der Waals surface area contributed by atoms with Crippen LogP contribution in [0.3, 0.4) is 0 Å². The molecule has 0 atom stereocenters. The van der Waals surface area contributed by atoms with E-state index in [0.717, 1.165) is 5.52 Å². The Bertz CT molecular complexity index is 914. The highest BCUT2D eigenvalue weighted by Crippen LogP contribution is 2.19. The van der Waals surface area contributed by atoms with Crippen LogP contribution in [0.15, 0.2) is 48.7 Å². The molecule has 2 aromatic carbocycles. The Kier molecular flexibility index (Phi) is 4.88. The van der Waals surface area contributed by atoms with E-state index in [9.17, 15) is 9.18 Å². The monoisotopic (exact) mass is 339 g/mol. The molecule has 6 heteroatoms. The number of benzene rings is 2. The van der Waals surface area contributed by atoms with Crippen LogP contribution in [0.25, 0.3) is 11.0 Å². The molecule has 3 rings (SSSR count). The Hall–Kier alpha value is -3.02. The summed E-state index contributed by atoms with van der Waals surface area (Å²) < 4.78 is 18.8. The van der Waals surface area contributed by atoms with Gasteiger partial charge in [-0.15, -0.1) is 0 Å². The maximum Gasteiger partial charge on any atom is 0.274 e. The third-order valence-corrected chi connectivity index (χ3v) is 3.93. The molecule has 128 valence electrons. The molecule has 1 aromatic heterocycles. The molecule has 0 saturated heterocycles. The quantitative estimate of drug-likeness (QED) is 0.714. The highest BCUT2D eigenvalue weighted by atomic mass is 19.1.